The van der Waals surface area contributed by atoms with Crippen LogP contribution in [-0.2, 0) is 4.79 Å². The Morgan fingerprint density at radius 2 is 2.24 bits per heavy atom. The lowest BCUT2D eigenvalue weighted by atomic mass is 10.1. The maximum atomic E-state index is 12.2. The Balaban J connectivity index is 1.84. The summed E-state index contributed by atoms with van der Waals surface area (Å²) in [5.41, 5.74) is 0.507. The molecule has 0 fully saturated rings. The van der Waals surface area contributed by atoms with Crippen LogP contribution < -0.4 is 9.47 Å². The van der Waals surface area contributed by atoms with Gasteiger partial charge in [-0.2, -0.15) is 0 Å². The molecule has 1 aliphatic heterocycles. The minimum absolute atomic E-state index is 0.00459. The molecule has 2 aromatic rings. The Bertz CT molecular complexity index is 729. The van der Waals surface area contributed by atoms with Gasteiger partial charge >= 0.3 is 0 Å². The van der Waals surface area contributed by atoms with Crippen molar-refractivity contribution in [2.45, 2.75) is 6.92 Å². The number of allylic oxidation sites excluding steroid dienone is 1. The van der Waals surface area contributed by atoms with Crippen LogP contribution in [-0.4, -0.2) is 18.2 Å². The number of thiophene rings is 1. The van der Waals surface area contributed by atoms with E-state index >= 15 is 0 Å². The Kier molecular flexibility index (Phi) is 3.58. The zero-order valence-corrected chi connectivity index (χ0v) is 12.1. The summed E-state index contributed by atoms with van der Waals surface area (Å²) in [7, 11) is 0. The molecule has 4 nitrogen and oxygen atoms in total. The second-order valence-corrected chi connectivity index (χ2v) is 5.58. The van der Waals surface area contributed by atoms with Gasteiger partial charge in [-0.05, 0) is 30.5 Å². The summed E-state index contributed by atoms with van der Waals surface area (Å²) in [6, 6.07) is 8.78. The Morgan fingerprint density at radius 1 is 1.38 bits per heavy atom. The van der Waals surface area contributed by atoms with Crippen LogP contribution in [0, 0.1) is 0 Å². The van der Waals surface area contributed by atoms with Crippen LogP contribution in [0.4, 0.5) is 0 Å². The van der Waals surface area contributed by atoms with Gasteiger partial charge in [0.25, 0.3) is 0 Å². The zero-order valence-electron chi connectivity index (χ0n) is 11.3. The van der Waals surface area contributed by atoms with E-state index in [4.69, 9.17) is 9.47 Å². The van der Waals surface area contributed by atoms with Crippen molar-refractivity contribution in [1.29, 1.82) is 0 Å². The average Bonchev–Trinajstić information content (AvgIpc) is 3.06. The molecule has 0 aliphatic carbocycles. The lowest BCUT2D eigenvalue weighted by Crippen LogP contribution is -2.06. The van der Waals surface area contributed by atoms with E-state index < -0.39 is 0 Å². The lowest BCUT2D eigenvalue weighted by molar-refractivity contribution is -0.118. The first kappa shape index (κ1) is 13.6. The SMILES string of the molecule is CC(=O)COc1ccc2c(c1)OC(=Cc1cccs1)C2=O. The van der Waals surface area contributed by atoms with Gasteiger partial charge in [0.15, 0.2) is 11.5 Å². The van der Waals surface area contributed by atoms with E-state index in [1.54, 1.807) is 24.3 Å². The maximum Gasteiger partial charge on any atom is 0.232 e. The highest BCUT2D eigenvalue weighted by atomic mass is 32.1. The molecule has 106 valence electrons. The Labute approximate surface area is 125 Å². The first-order valence-electron chi connectivity index (χ1n) is 6.37. The van der Waals surface area contributed by atoms with Gasteiger partial charge in [0.05, 0.1) is 5.56 Å². The summed E-state index contributed by atoms with van der Waals surface area (Å²) >= 11 is 1.53. The quantitative estimate of drug-likeness (QED) is 0.813. The number of benzene rings is 1. The molecule has 0 N–H and O–H groups in total. The van der Waals surface area contributed by atoms with Crippen LogP contribution >= 0.6 is 11.3 Å². The normalized spacial score (nSPS) is 14.9. The van der Waals surface area contributed by atoms with Crippen LogP contribution in [0.15, 0.2) is 41.5 Å². The molecule has 0 amide bonds. The van der Waals surface area contributed by atoms with Crippen molar-refractivity contribution in [2.24, 2.45) is 0 Å². The van der Waals surface area contributed by atoms with E-state index in [-0.39, 0.29) is 18.2 Å². The minimum atomic E-state index is -0.142. The molecule has 3 rings (SSSR count). The predicted molar refractivity (Wildman–Crippen MR) is 79.9 cm³/mol. The summed E-state index contributed by atoms with van der Waals surface area (Å²) in [4.78, 5) is 24.1. The highest BCUT2D eigenvalue weighted by molar-refractivity contribution is 7.10. The molecule has 1 aliphatic rings. The second kappa shape index (κ2) is 5.54. The summed E-state index contributed by atoms with van der Waals surface area (Å²) < 4.78 is 10.9. The standard InChI is InChI=1S/C16H12O4S/c1-10(17)9-19-11-4-5-13-14(7-11)20-15(16(13)18)8-12-3-2-6-21-12/h2-8H,9H2,1H3. The van der Waals surface area contributed by atoms with Gasteiger partial charge < -0.3 is 9.47 Å². The number of ketones is 2. The molecule has 0 saturated carbocycles. The Morgan fingerprint density at radius 3 is 2.95 bits per heavy atom. The fourth-order valence-electron chi connectivity index (χ4n) is 1.94. The summed E-state index contributed by atoms with van der Waals surface area (Å²) in [5.74, 6) is 1.07. The van der Waals surface area contributed by atoms with E-state index in [2.05, 4.69) is 0 Å². The molecule has 21 heavy (non-hydrogen) atoms. The third kappa shape index (κ3) is 2.87. The van der Waals surface area contributed by atoms with Gasteiger partial charge in [-0.3, -0.25) is 9.59 Å². The topological polar surface area (TPSA) is 52.6 Å². The molecule has 0 spiro atoms. The summed E-state index contributed by atoms with van der Waals surface area (Å²) in [6.07, 6.45) is 1.73. The number of ether oxygens (including phenoxy) is 2. The molecular formula is C16H12O4S. The largest absolute Gasteiger partial charge is 0.486 e. The maximum absolute atomic E-state index is 12.2. The first-order chi connectivity index (χ1) is 10.1. The van der Waals surface area contributed by atoms with Crippen LogP contribution in [0.25, 0.3) is 6.08 Å². The van der Waals surface area contributed by atoms with Gasteiger partial charge in [-0.25, -0.2) is 0 Å². The van der Waals surface area contributed by atoms with Crippen molar-refractivity contribution in [3.05, 3.63) is 51.9 Å². The number of fused-ring (bicyclic) bond motifs is 1. The van der Waals surface area contributed by atoms with Crippen LogP contribution in [0.1, 0.15) is 22.2 Å². The van der Waals surface area contributed by atoms with Gasteiger partial charge in [0, 0.05) is 17.0 Å². The summed E-state index contributed by atoms with van der Waals surface area (Å²) in [6.45, 7) is 1.46. The Hall–Kier alpha value is -2.40. The summed E-state index contributed by atoms with van der Waals surface area (Å²) in [5, 5.41) is 1.94. The van der Waals surface area contributed by atoms with E-state index in [0.29, 0.717) is 22.8 Å². The molecule has 0 saturated heterocycles. The molecular weight excluding hydrogens is 288 g/mol. The van der Waals surface area contributed by atoms with E-state index in [0.717, 1.165) is 4.88 Å². The van der Waals surface area contributed by atoms with Gasteiger partial charge in [-0.15, -0.1) is 11.3 Å². The molecule has 0 radical (unpaired) electrons. The molecule has 5 heteroatoms. The fourth-order valence-corrected chi connectivity index (χ4v) is 2.59. The molecule has 2 heterocycles. The van der Waals surface area contributed by atoms with Gasteiger partial charge in [-0.1, -0.05) is 6.07 Å². The van der Waals surface area contributed by atoms with Crippen molar-refractivity contribution < 1.29 is 19.1 Å². The van der Waals surface area contributed by atoms with Crippen molar-refractivity contribution in [3.8, 4) is 11.5 Å². The van der Waals surface area contributed by atoms with Crippen molar-refractivity contribution in [2.75, 3.05) is 6.61 Å². The molecule has 0 bridgehead atoms. The monoisotopic (exact) mass is 300 g/mol. The predicted octanol–water partition coefficient (Wildman–Crippen LogP) is 3.33. The van der Waals surface area contributed by atoms with Crippen molar-refractivity contribution in [1.82, 2.24) is 0 Å². The number of hydrogen-bond donors (Lipinski definition) is 0. The molecule has 1 aromatic carbocycles. The second-order valence-electron chi connectivity index (χ2n) is 4.60. The lowest BCUT2D eigenvalue weighted by Gasteiger charge is -2.04. The van der Waals surface area contributed by atoms with Crippen molar-refractivity contribution >= 4 is 29.0 Å². The molecule has 1 aromatic heterocycles. The van der Waals surface area contributed by atoms with Crippen LogP contribution in [0.5, 0.6) is 11.5 Å². The first-order valence-corrected chi connectivity index (χ1v) is 7.25. The minimum Gasteiger partial charge on any atom is -0.486 e. The third-order valence-electron chi connectivity index (χ3n) is 2.90. The van der Waals surface area contributed by atoms with Crippen LogP contribution in [0.3, 0.4) is 0 Å². The third-order valence-corrected chi connectivity index (χ3v) is 3.72. The highest BCUT2D eigenvalue weighted by Gasteiger charge is 2.27. The van der Waals surface area contributed by atoms with Gasteiger partial charge in [0.2, 0.25) is 5.78 Å². The molecule has 0 unspecified atom stereocenters. The number of carbonyl (C=O) groups is 2. The van der Waals surface area contributed by atoms with Crippen LogP contribution in [0.2, 0.25) is 0 Å². The number of carbonyl (C=O) groups excluding carboxylic acids is 2. The fraction of sp³-hybridized carbons (Fsp3) is 0.125. The van der Waals surface area contributed by atoms with Gasteiger partial charge in [0.1, 0.15) is 18.1 Å². The smallest absolute Gasteiger partial charge is 0.232 e. The van der Waals surface area contributed by atoms with E-state index in [9.17, 15) is 9.59 Å². The van der Waals surface area contributed by atoms with E-state index in [1.165, 1.54) is 18.3 Å². The number of hydrogen-bond acceptors (Lipinski definition) is 5. The van der Waals surface area contributed by atoms with E-state index in [1.807, 2.05) is 17.5 Å². The van der Waals surface area contributed by atoms with Crippen molar-refractivity contribution in [3.63, 3.8) is 0 Å². The number of rotatable bonds is 4. The molecule has 0 atom stereocenters. The zero-order chi connectivity index (χ0) is 14.8. The average molecular weight is 300 g/mol. The number of Topliss-reactive ketones (excluding diaryl/α,β-unsaturated/α-hetero) is 2. The highest BCUT2D eigenvalue weighted by Crippen LogP contribution is 2.35.